The topological polar surface area (TPSA) is 23.5 Å². The highest BCUT2D eigenvalue weighted by Crippen LogP contribution is 2.48. The molecule has 3 unspecified atom stereocenters. The summed E-state index contributed by atoms with van der Waals surface area (Å²) in [7, 11) is 4.22. The Morgan fingerprint density at radius 1 is 0.960 bits per heavy atom. The number of aliphatic hydroxyl groups is 1. The van der Waals surface area contributed by atoms with Crippen molar-refractivity contribution in [1.29, 1.82) is 0 Å². The molecule has 3 rings (SSSR count). The molecule has 0 heterocycles. The van der Waals surface area contributed by atoms with Crippen molar-refractivity contribution < 1.29 is 5.11 Å². The van der Waals surface area contributed by atoms with Gasteiger partial charge in [-0.15, -0.1) is 0 Å². The third kappa shape index (κ3) is 3.80. The van der Waals surface area contributed by atoms with Gasteiger partial charge in [0, 0.05) is 12.5 Å². The van der Waals surface area contributed by atoms with E-state index < -0.39 is 5.60 Å². The smallest absolute Gasteiger partial charge is 0.0970 e. The van der Waals surface area contributed by atoms with Gasteiger partial charge in [-0.25, -0.2) is 0 Å². The minimum Gasteiger partial charge on any atom is -0.385 e. The third-order valence-electron chi connectivity index (χ3n) is 5.84. The van der Waals surface area contributed by atoms with E-state index in [1.807, 2.05) is 0 Å². The first-order valence-electron chi connectivity index (χ1n) is 9.49. The maximum absolute atomic E-state index is 12.1. The molecule has 0 aromatic heterocycles. The lowest BCUT2D eigenvalue weighted by Gasteiger charge is -2.48. The van der Waals surface area contributed by atoms with Crippen molar-refractivity contribution in [2.45, 2.75) is 38.2 Å². The van der Waals surface area contributed by atoms with E-state index in [0.717, 1.165) is 31.4 Å². The zero-order valence-corrected chi connectivity index (χ0v) is 15.8. The van der Waals surface area contributed by atoms with Crippen LogP contribution >= 0.6 is 0 Å². The average molecular weight is 338 g/mol. The highest BCUT2D eigenvalue weighted by molar-refractivity contribution is 5.34. The van der Waals surface area contributed by atoms with Gasteiger partial charge < -0.3 is 10.0 Å². The Morgan fingerprint density at radius 2 is 1.60 bits per heavy atom. The molecule has 0 aliphatic heterocycles. The van der Waals surface area contributed by atoms with Gasteiger partial charge in [0.15, 0.2) is 0 Å². The zero-order chi connectivity index (χ0) is 17.9. The van der Waals surface area contributed by atoms with Crippen LogP contribution in [-0.2, 0) is 12.0 Å². The fourth-order valence-corrected chi connectivity index (χ4v) is 4.67. The lowest BCUT2D eigenvalue weighted by Crippen LogP contribution is -2.50. The number of nitrogens with zero attached hydrogens (tertiary/aromatic N) is 1. The molecule has 0 radical (unpaired) electrons. The van der Waals surface area contributed by atoms with E-state index >= 15 is 0 Å². The summed E-state index contributed by atoms with van der Waals surface area (Å²) in [5.41, 5.74) is 2.89. The van der Waals surface area contributed by atoms with Crippen LogP contribution in [0.4, 0.5) is 0 Å². The Morgan fingerprint density at radius 3 is 2.28 bits per heavy atom. The Kier molecular flexibility index (Phi) is 5.61. The second kappa shape index (κ2) is 7.72. The van der Waals surface area contributed by atoms with E-state index in [1.54, 1.807) is 0 Å². The fraction of sp³-hybridized carbons (Fsp3) is 0.478. The predicted molar refractivity (Wildman–Crippen MR) is 105 cm³/mol. The summed E-state index contributed by atoms with van der Waals surface area (Å²) in [5, 5.41) is 12.1. The maximum Gasteiger partial charge on any atom is 0.0970 e. The summed E-state index contributed by atoms with van der Waals surface area (Å²) in [6, 6.07) is 19.0. The van der Waals surface area contributed by atoms with Crippen LogP contribution < -0.4 is 0 Å². The van der Waals surface area contributed by atoms with Crippen molar-refractivity contribution in [3.05, 3.63) is 71.3 Å². The highest BCUT2D eigenvalue weighted by Gasteiger charge is 2.47. The second-order valence-corrected chi connectivity index (χ2v) is 7.92. The van der Waals surface area contributed by atoms with Gasteiger partial charge in [-0.3, -0.25) is 0 Å². The summed E-state index contributed by atoms with van der Waals surface area (Å²) < 4.78 is 0. The molecule has 2 aromatic rings. The molecule has 2 aromatic carbocycles. The van der Waals surface area contributed by atoms with Crippen molar-refractivity contribution in [2.24, 2.45) is 11.8 Å². The van der Waals surface area contributed by atoms with E-state index in [-0.39, 0.29) is 11.8 Å². The van der Waals surface area contributed by atoms with Crippen LogP contribution in [-0.4, -0.2) is 30.6 Å². The van der Waals surface area contributed by atoms with Crippen LogP contribution in [0.1, 0.15) is 36.0 Å². The first-order valence-corrected chi connectivity index (χ1v) is 9.49. The van der Waals surface area contributed by atoms with Gasteiger partial charge in [0.2, 0.25) is 0 Å². The average Bonchev–Trinajstić information content (AvgIpc) is 2.59. The normalized spacial score (nSPS) is 26.8. The van der Waals surface area contributed by atoms with E-state index in [9.17, 15) is 5.11 Å². The first-order chi connectivity index (χ1) is 12.0. The van der Waals surface area contributed by atoms with Crippen LogP contribution in [0.25, 0.3) is 0 Å². The first kappa shape index (κ1) is 18.2. The van der Waals surface area contributed by atoms with Crippen LogP contribution in [0.15, 0.2) is 54.6 Å². The van der Waals surface area contributed by atoms with Gasteiger partial charge >= 0.3 is 0 Å². The quantitative estimate of drug-likeness (QED) is 0.874. The summed E-state index contributed by atoms with van der Waals surface area (Å²) >= 11 is 0. The van der Waals surface area contributed by atoms with E-state index in [0.29, 0.717) is 0 Å². The van der Waals surface area contributed by atoms with Crippen LogP contribution in [0.2, 0.25) is 0 Å². The summed E-state index contributed by atoms with van der Waals surface area (Å²) in [6.45, 7) is 3.06. The Balaban J connectivity index is 2.01. The third-order valence-corrected chi connectivity index (χ3v) is 5.84. The minimum absolute atomic E-state index is 0.259. The molecule has 25 heavy (non-hydrogen) atoms. The van der Waals surface area contributed by atoms with Crippen molar-refractivity contribution in [2.75, 3.05) is 20.6 Å². The maximum atomic E-state index is 12.1. The van der Waals surface area contributed by atoms with Gasteiger partial charge in [0.05, 0.1) is 5.60 Å². The van der Waals surface area contributed by atoms with Gasteiger partial charge in [-0.1, -0.05) is 61.0 Å². The van der Waals surface area contributed by atoms with E-state index in [4.69, 9.17) is 0 Å². The molecule has 0 bridgehead atoms. The summed E-state index contributed by atoms with van der Waals surface area (Å²) in [6.07, 6.45) is 4.32. The van der Waals surface area contributed by atoms with Crippen LogP contribution in [0.3, 0.4) is 0 Å². The Labute approximate surface area is 152 Å². The lowest BCUT2D eigenvalue weighted by atomic mass is 9.62. The van der Waals surface area contributed by atoms with Crippen molar-refractivity contribution in [1.82, 2.24) is 4.90 Å². The monoisotopic (exact) mass is 337 g/mol. The zero-order valence-electron chi connectivity index (χ0n) is 15.8. The molecule has 2 heteroatoms. The van der Waals surface area contributed by atoms with Crippen molar-refractivity contribution in [3.8, 4) is 0 Å². The van der Waals surface area contributed by atoms with Crippen molar-refractivity contribution >= 4 is 0 Å². The SMILES string of the molecule is Cc1ccccc1C1(O)C(Cc2ccccc2)CCCC1CN(C)C. The number of aryl methyl sites for hydroxylation is 1. The largest absolute Gasteiger partial charge is 0.385 e. The fourth-order valence-electron chi connectivity index (χ4n) is 4.67. The molecule has 1 fully saturated rings. The number of rotatable bonds is 5. The van der Waals surface area contributed by atoms with Crippen LogP contribution in [0, 0.1) is 18.8 Å². The Bertz CT molecular complexity index is 682. The molecular formula is C23H31NO. The predicted octanol–water partition coefficient (Wildman–Crippen LogP) is 4.40. The number of hydrogen-bond acceptors (Lipinski definition) is 2. The van der Waals surface area contributed by atoms with Gasteiger partial charge in [-0.05, 0) is 62.9 Å². The lowest BCUT2D eigenvalue weighted by molar-refractivity contribution is -0.108. The molecular weight excluding hydrogens is 306 g/mol. The highest BCUT2D eigenvalue weighted by atomic mass is 16.3. The molecule has 0 spiro atoms. The van der Waals surface area contributed by atoms with Gasteiger partial charge in [0.25, 0.3) is 0 Å². The van der Waals surface area contributed by atoms with Crippen molar-refractivity contribution in [3.63, 3.8) is 0 Å². The standard InChI is InChI=1S/C23H31NO/c1-18-10-7-8-15-22(18)23(25)20(16-19-11-5-4-6-12-19)13-9-14-21(23)17-24(2)3/h4-8,10-12,15,20-21,25H,9,13-14,16-17H2,1-3H3. The summed E-state index contributed by atoms with van der Waals surface area (Å²) in [5.74, 6) is 0.528. The number of hydrogen-bond donors (Lipinski definition) is 1. The second-order valence-electron chi connectivity index (χ2n) is 7.92. The molecule has 1 saturated carbocycles. The molecule has 2 nitrogen and oxygen atoms in total. The molecule has 1 aliphatic carbocycles. The Hall–Kier alpha value is -1.64. The van der Waals surface area contributed by atoms with E-state index in [2.05, 4.69) is 80.5 Å². The van der Waals surface area contributed by atoms with Crippen LogP contribution in [0.5, 0.6) is 0 Å². The minimum atomic E-state index is -0.760. The summed E-state index contributed by atoms with van der Waals surface area (Å²) in [4.78, 5) is 2.22. The molecule has 134 valence electrons. The molecule has 3 atom stereocenters. The molecule has 1 aliphatic rings. The van der Waals surface area contributed by atoms with E-state index in [1.165, 1.54) is 17.5 Å². The van der Waals surface area contributed by atoms with Gasteiger partial charge in [-0.2, -0.15) is 0 Å². The number of benzene rings is 2. The van der Waals surface area contributed by atoms with Gasteiger partial charge in [0.1, 0.15) is 0 Å². The molecule has 0 amide bonds. The molecule has 1 N–H and O–H groups in total. The molecule has 0 saturated heterocycles.